The number of aryl methyl sites for hydroxylation is 1. The highest BCUT2D eigenvalue weighted by Gasteiger charge is 2.16. The number of hydrogen-bond acceptors (Lipinski definition) is 2. The molecule has 1 atom stereocenters. The number of nitrogens with zero attached hydrogens (tertiary/aromatic N) is 1. The van der Waals surface area contributed by atoms with E-state index in [0.717, 1.165) is 0 Å². The Labute approximate surface area is 99.5 Å². The van der Waals surface area contributed by atoms with Crippen LogP contribution in [0.2, 0.25) is 0 Å². The largest absolute Gasteiger partial charge is 0.312 e. The van der Waals surface area contributed by atoms with Gasteiger partial charge in [-0.25, -0.2) is 0 Å². The second-order valence-electron chi connectivity index (χ2n) is 5.73. The smallest absolute Gasteiger partial charge is 0.0833 e. The quantitative estimate of drug-likeness (QED) is 0.777. The van der Waals surface area contributed by atoms with Crippen molar-refractivity contribution in [3.63, 3.8) is 0 Å². The molecule has 2 N–H and O–H groups in total. The fraction of sp³-hybridized carbons (Fsp3) is 0.571. The number of nitrogens with two attached hydrogens (primary N) is 1. The van der Waals surface area contributed by atoms with Crippen molar-refractivity contribution in [1.29, 1.82) is 0 Å². The third-order valence-electron chi connectivity index (χ3n) is 3.01. The highest BCUT2D eigenvalue weighted by atomic mass is 15.2. The van der Waals surface area contributed by atoms with Crippen molar-refractivity contribution in [3.8, 4) is 0 Å². The molecule has 0 bridgehead atoms. The van der Waals surface area contributed by atoms with E-state index < -0.39 is 0 Å². The summed E-state index contributed by atoms with van der Waals surface area (Å²) < 4.78 is 0. The zero-order chi connectivity index (χ0) is 12.5. The molecule has 0 radical (unpaired) electrons. The van der Waals surface area contributed by atoms with E-state index >= 15 is 0 Å². The maximum atomic E-state index is 6.12. The van der Waals surface area contributed by atoms with Crippen LogP contribution in [-0.4, -0.2) is 19.0 Å². The molecule has 0 amide bonds. The highest BCUT2D eigenvalue weighted by Crippen LogP contribution is 2.26. The first-order chi connectivity index (χ1) is 7.23. The van der Waals surface area contributed by atoms with Crippen molar-refractivity contribution in [3.05, 3.63) is 34.9 Å². The van der Waals surface area contributed by atoms with Gasteiger partial charge in [0.05, 0.1) is 6.17 Å². The van der Waals surface area contributed by atoms with Crippen molar-refractivity contribution < 1.29 is 0 Å². The Hall–Kier alpha value is -0.860. The molecule has 90 valence electrons. The first kappa shape index (κ1) is 13.2. The van der Waals surface area contributed by atoms with Gasteiger partial charge in [-0.2, -0.15) is 0 Å². The second kappa shape index (κ2) is 4.56. The van der Waals surface area contributed by atoms with E-state index in [9.17, 15) is 0 Å². The van der Waals surface area contributed by atoms with Gasteiger partial charge in [-0.1, -0.05) is 39.0 Å². The van der Waals surface area contributed by atoms with Gasteiger partial charge in [-0.05, 0) is 43.1 Å². The molecule has 2 nitrogen and oxygen atoms in total. The summed E-state index contributed by atoms with van der Waals surface area (Å²) >= 11 is 0. The molecule has 16 heavy (non-hydrogen) atoms. The topological polar surface area (TPSA) is 29.3 Å². The highest BCUT2D eigenvalue weighted by molar-refractivity contribution is 5.35. The Balaban J connectivity index is 3.10. The summed E-state index contributed by atoms with van der Waals surface area (Å²) in [5, 5.41) is 0. The molecule has 1 aromatic carbocycles. The monoisotopic (exact) mass is 220 g/mol. The van der Waals surface area contributed by atoms with Crippen LogP contribution < -0.4 is 5.73 Å². The maximum absolute atomic E-state index is 6.12. The molecule has 0 fully saturated rings. The summed E-state index contributed by atoms with van der Waals surface area (Å²) in [5.41, 5.74) is 10.2. The minimum Gasteiger partial charge on any atom is -0.312 e. The van der Waals surface area contributed by atoms with Gasteiger partial charge in [-0.15, -0.1) is 0 Å². The van der Waals surface area contributed by atoms with Crippen LogP contribution >= 0.6 is 0 Å². The number of hydrogen-bond donors (Lipinski definition) is 1. The zero-order valence-electron chi connectivity index (χ0n) is 11.3. The van der Waals surface area contributed by atoms with Gasteiger partial charge in [-0.3, -0.25) is 4.90 Å². The molecule has 0 saturated carbocycles. The van der Waals surface area contributed by atoms with Gasteiger partial charge in [0.25, 0.3) is 0 Å². The van der Waals surface area contributed by atoms with E-state index in [-0.39, 0.29) is 11.6 Å². The third kappa shape index (κ3) is 2.83. The maximum Gasteiger partial charge on any atom is 0.0833 e. The fourth-order valence-corrected chi connectivity index (χ4v) is 1.75. The predicted octanol–water partition coefficient (Wildman–Crippen LogP) is 2.81. The molecule has 0 aliphatic heterocycles. The van der Waals surface area contributed by atoms with Crippen LogP contribution in [0.15, 0.2) is 18.2 Å². The molecule has 0 aliphatic carbocycles. The molecule has 2 heteroatoms. The SMILES string of the molecule is Cc1cc(C(C)(C)C)ccc1C(N)N(C)C. The van der Waals surface area contributed by atoms with Crippen molar-refractivity contribution in [2.75, 3.05) is 14.1 Å². The molecule has 0 aliphatic rings. The minimum absolute atomic E-state index is 0.0194. The van der Waals surface area contributed by atoms with E-state index in [4.69, 9.17) is 5.73 Å². The lowest BCUT2D eigenvalue weighted by molar-refractivity contribution is 0.306. The Bertz CT molecular complexity index is 361. The molecule has 1 unspecified atom stereocenters. The molecule has 1 rings (SSSR count). The average Bonchev–Trinajstić information content (AvgIpc) is 2.15. The lowest BCUT2D eigenvalue weighted by Gasteiger charge is -2.25. The lowest BCUT2D eigenvalue weighted by Crippen LogP contribution is -2.28. The average molecular weight is 220 g/mol. The van der Waals surface area contributed by atoms with Crippen molar-refractivity contribution in [1.82, 2.24) is 4.90 Å². The van der Waals surface area contributed by atoms with Gasteiger partial charge in [0, 0.05) is 0 Å². The van der Waals surface area contributed by atoms with Crippen LogP contribution in [0.3, 0.4) is 0 Å². The molecular formula is C14H24N2. The van der Waals surface area contributed by atoms with Crippen molar-refractivity contribution in [2.24, 2.45) is 5.73 Å². The van der Waals surface area contributed by atoms with Crippen LogP contribution in [0.1, 0.15) is 43.6 Å². The number of rotatable bonds is 2. The Morgan fingerprint density at radius 3 is 2.12 bits per heavy atom. The van der Waals surface area contributed by atoms with Gasteiger partial charge in [0.15, 0.2) is 0 Å². The first-order valence-electron chi connectivity index (χ1n) is 5.76. The summed E-state index contributed by atoms with van der Waals surface area (Å²) in [7, 11) is 4.00. The van der Waals surface area contributed by atoms with Gasteiger partial charge in [0.2, 0.25) is 0 Å². The van der Waals surface area contributed by atoms with Crippen LogP contribution in [0.25, 0.3) is 0 Å². The molecule has 0 saturated heterocycles. The fourth-order valence-electron chi connectivity index (χ4n) is 1.75. The van der Waals surface area contributed by atoms with Crippen LogP contribution in [0.5, 0.6) is 0 Å². The predicted molar refractivity (Wildman–Crippen MR) is 70.5 cm³/mol. The third-order valence-corrected chi connectivity index (χ3v) is 3.01. The van der Waals surface area contributed by atoms with Gasteiger partial charge < -0.3 is 5.73 Å². The van der Waals surface area contributed by atoms with Crippen LogP contribution in [-0.2, 0) is 5.41 Å². The zero-order valence-corrected chi connectivity index (χ0v) is 11.3. The van der Waals surface area contributed by atoms with E-state index in [1.165, 1.54) is 16.7 Å². The second-order valence-corrected chi connectivity index (χ2v) is 5.73. The first-order valence-corrected chi connectivity index (χ1v) is 5.76. The minimum atomic E-state index is -0.0194. The summed E-state index contributed by atoms with van der Waals surface area (Å²) in [6, 6.07) is 6.59. The van der Waals surface area contributed by atoms with Crippen molar-refractivity contribution >= 4 is 0 Å². The van der Waals surface area contributed by atoms with E-state index in [1.807, 2.05) is 19.0 Å². The summed E-state index contributed by atoms with van der Waals surface area (Å²) in [6.07, 6.45) is -0.0194. The molecule has 0 aromatic heterocycles. The normalized spacial score (nSPS) is 14.2. The lowest BCUT2D eigenvalue weighted by atomic mass is 9.85. The summed E-state index contributed by atoms with van der Waals surface area (Å²) in [6.45, 7) is 8.82. The molecule has 0 heterocycles. The Kier molecular flexibility index (Phi) is 3.76. The van der Waals surface area contributed by atoms with E-state index in [0.29, 0.717) is 0 Å². The van der Waals surface area contributed by atoms with E-state index in [1.54, 1.807) is 0 Å². The molecule has 0 spiro atoms. The van der Waals surface area contributed by atoms with Gasteiger partial charge >= 0.3 is 0 Å². The molecular weight excluding hydrogens is 196 g/mol. The molecule has 1 aromatic rings. The Morgan fingerprint density at radius 1 is 1.19 bits per heavy atom. The summed E-state index contributed by atoms with van der Waals surface area (Å²) in [5.74, 6) is 0. The van der Waals surface area contributed by atoms with Crippen LogP contribution in [0.4, 0.5) is 0 Å². The standard InChI is InChI=1S/C14H24N2/c1-10-9-11(14(2,3)4)7-8-12(10)13(15)16(5)6/h7-9,13H,15H2,1-6H3. The number of benzene rings is 1. The Morgan fingerprint density at radius 2 is 1.75 bits per heavy atom. The summed E-state index contributed by atoms with van der Waals surface area (Å²) in [4.78, 5) is 2.03. The van der Waals surface area contributed by atoms with Crippen LogP contribution in [0, 0.1) is 6.92 Å². The van der Waals surface area contributed by atoms with E-state index in [2.05, 4.69) is 45.9 Å². The van der Waals surface area contributed by atoms with Gasteiger partial charge in [0.1, 0.15) is 0 Å². The van der Waals surface area contributed by atoms with Crippen molar-refractivity contribution in [2.45, 2.75) is 39.3 Å².